The molecule has 0 bridgehead atoms. The first kappa shape index (κ1) is 59.1. The molecule has 0 spiro atoms. The van der Waals surface area contributed by atoms with E-state index in [9.17, 15) is 19.8 Å². The lowest BCUT2D eigenvalue weighted by Gasteiger charge is -2.24. The second-order valence-corrected chi connectivity index (χ2v) is 18.3. The third kappa shape index (κ3) is 44.5. The highest BCUT2D eigenvalue weighted by Crippen LogP contribution is 2.18. The number of nitrogens with one attached hydrogen (secondary N) is 1. The van der Waals surface area contributed by atoms with E-state index in [1.807, 2.05) is 0 Å². The van der Waals surface area contributed by atoms with Crippen molar-refractivity contribution in [3.8, 4) is 0 Å². The highest BCUT2D eigenvalue weighted by atomic mass is 16.5. The normalized spacial score (nSPS) is 13.5. The quantitative estimate of drug-likeness (QED) is 0.0322. The molecular weight excluding hydrogens is 755 g/mol. The Labute approximate surface area is 379 Å². The zero-order valence-electron chi connectivity index (χ0n) is 40.8. The van der Waals surface area contributed by atoms with Gasteiger partial charge < -0.3 is 20.3 Å². The van der Waals surface area contributed by atoms with Crippen LogP contribution < -0.4 is 5.32 Å². The molecule has 0 aliphatic heterocycles. The van der Waals surface area contributed by atoms with Crippen LogP contribution in [-0.4, -0.2) is 46.9 Å². The lowest BCUT2D eigenvalue weighted by molar-refractivity contribution is -0.151. The molecule has 0 fully saturated rings. The summed E-state index contributed by atoms with van der Waals surface area (Å²) in [7, 11) is 0. The van der Waals surface area contributed by atoms with Crippen molar-refractivity contribution in [1.29, 1.82) is 0 Å². The molecule has 0 radical (unpaired) electrons. The molecule has 0 aliphatic carbocycles. The standard InChI is InChI=1S/C55H103NO5/c1-4-7-10-13-16-19-22-25-27-28-30-32-35-38-41-44-47-53(58)52(50-57)56-54(59)49-51(46-43-40-37-34-31-29-26-23-20-17-14-11-8-5-2)61-55(60)48-45-42-39-36-33-24-21-18-15-12-9-6-3/h8,11,17,20,26,29,51-53,57-58H,4-7,9-10,12-16,18-19,21-25,27-28,30-50H2,1-3H3,(H,56,59)/b11-8+,20-17+,29-26+. The number of esters is 1. The fraction of sp³-hybridized carbons (Fsp3) is 0.855. The average molecular weight is 858 g/mol. The molecule has 61 heavy (non-hydrogen) atoms. The third-order valence-corrected chi connectivity index (χ3v) is 12.2. The van der Waals surface area contributed by atoms with Crippen molar-refractivity contribution < 1.29 is 24.5 Å². The Balaban J connectivity index is 4.54. The largest absolute Gasteiger partial charge is 0.462 e. The van der Waals surface area contributed by atoms with E-state index in [0.29, 0.717) is 19.3 Å². The van der Waals surface area contributed by atoms with Crippen molar-refractivity contribution in [2.75, 3.05) is 6.61 Å². The number of unbranched alkanes of at least 4 members (excludes halogenated alkanes) is 30. The zero-order valence-corrected chi connectivity index (χ0v) is 40.8. The third-order valence-electron chi connectivity index (χ3n) is 12.2. The summed E-state index contributed by atoms with van der Waals surface area (Å²) in [5.41, 5.74) is 0. The van der Waals surface area contributed by atoms with Gasteiger partial charge >= 0.3 is 5.97 Å². The van der Waals surface area contributed by atoms with Gasteiger partial charge in [0.05, 0.1) is 25.2 Å². The second-order valence-electron chi connectivity index (χ2n) is 18.3. The topological polar surface area (TPSA) is 95.9 Å². The van der Waals surface area contributed by atoms with Crippen molar-refractivity contribution in [3.63, 3.8) is 0 Å². The molecule has 3 atom stereocenters. The summed E-state index contributed by atoms with van der Waals surface area (Å²) in [4.78, 5) is 26.1. The van der Waals surface area contributed by atoms with Gasteiger partial charge in [-0.25, -0.2) is 0 Å². The molecule has 0 aliphatic rings. The van der Waals surface area contributed by atoms with Crippen LogP contribution in [0.25, 0.3) is 0 Å². The van der Waals surface area contributed by atoms with Crippen molar-refractivity contribution in [2.24, 2.45) is 0 Å². The molecule has 3 unspecified atom stereocenters. The molecule has 0 saturated heterocycles. The number of amides is 1. The maximum atomic E-state index is 13.2. The highest BCUT2D eigenvalue weighted by molar-refractivity contribution is 5.77. The number of aliphatic hydroxyl groups is 2. The number of ether oxygens (including phenoxy) is 1. The van der Waals surface area contributed by atoms with Gasteiger partial charge in [0, 0.05) is 6.42 Å². The monoisotopic (exact) mass is 858 g/mol. The first-order valence-corrected chi connectivity index (χ1v) is 26.7. The lowest BCUT2D eigenvalue weighted by Crippen LogP contribution is -2.46. The first-order valence-electron chi connectivity index (χ1n) is 26.7. The van der Waals surface area contributed by atoms with Gasteiger partial charge in [-0.15, -0.1) is 0 Å². The van der Waals surface area contributed by atoms with Gasteiger partial charge in [-0.05, 0) is 57.8 Å². The molecule has 6 heteroatoms. The van der Waals surface area contributed by atoms with Crippen molar-refractivity contribution in [3.05, 3.63) is 36.5 Å². The number of carbonyl (C=O) groups is 2. The van der Waals surface area contributed by atoms with Crippen LogP contribution in [0, 0.1) is 0 Å². The maximum Gasteiger partial charge on any atom is 0.306 e. The minimum absolute atomic E-state index is 0.0664. The van der Waals surface area contributed by atoms with Crippen LogP contribution in [0.1, 0.15) is 278 Å². The van der Waals surface area contributed by atoms with E-state index in [0.717, 1.165) is 83.5 Å². The van der Waals surface area contributed by atoms with E-state index in [1.54, 1.807) is 0 Å². The minimum atomic E-state index is -0.791. The van der Waals surface area contributed by atoms with E-state index >= 15 is 0 Å². The fourth-order valence-electron chi connectivity index (χ4n) is 8.21. The molecule has 0 rings (SSSR count). The summed E-state index contributed by atoms with van der Waals surface area (Å²) in [5.74, 6) is -0.485. The molecule has 0 aromatic heterocycles. The number of hydrogen-bond acceptors (Lipinski definition) is 5. The molecule has 0 heterocycles. The van der Waals surface area contributed by atoms with E-state index in [2.05, 4.69) is 62.5 Å². The van der Waals surface area contributed by atoms with Crippen LogP contribution in [0.2, 0.25) is 0 Å². The SMILES string of the molecule is CC/C=C/C/C=C/C/C=C/CCCCCCC(CC(=O)NC(CO)C(O)CCCCCCCCCCCCCCCCCC)OC(=O)CCCCCCCCCCCCCC. The fourth-order valence-corrected chi connectivity index (χ4v) is 8.21. The van der Waals surface area contributed by atoms with Crippen LogP contribution in [0.5, 0.6) is 0 Å². The Bertz CT molecular complexity index is 1010. The molecule has 3 N–H and O–H groups in total. The van der Waals surface area contributed by atoms with Crippen molar-refractivity contribution in [2.45, 2.75) is 296 Å². The van der Waals surface area contributed by atoms with Gasteiger partial charge in [-0.1, -0.05) is 243 Å². The van der Waals surface area contributed by atoms with Gasteiger partial charge in [-0.2, -0.15) is 0 Å². The average Bonchev–Trinajstić information content (AvgIpc) is 3.25. The number of carbonyl (C=O) groups excluding carboxylic acids is 2. The lowest BCUT2D eigenvalue weighted by atomic mass is 10.0. The number of rotatable bonds is 48. The second kappa shape index (κ2) is 49.1. The van der Waals surface area contributed by atoms with Gasteiger partial charge in [-0.3, -0.25) is 9.59 Å². The van der Waals surface area contributed by atoms with Gasteiger partial charge in [0.1, 0.15) is 6.10 Å². The molecule has 358 valence electrons. The maximum absolute atomic E-state index is 13.2. The Morgan fingerprint density at radius 3 is 1.34 bits per heavy atom. The summed E-state index contributed by atoms with van der Waals surface area (Å²) < 4.78 is 5.93. The summed E-state index contributed by atoms with van der Waals surface area (Å²) in [6.07, 6.45) is 57.8. The van der Waals surface area contributed by atoms with Gasteiger partial charge in [0.2, 0.25) is 5.91 Å². The van der Waals surface area contributed by atoms with E-state index in [4.69, 9.17) is 4.74 Å². The Hall–Kier alpha value is -1.92. The molecule has 0 aromatic rings. The van der Waals surface area contributed by atoms with Crippen molar-refractivity contribution >= 4 is 11.9 Å². The molecule has 0 saturated carbocycles. The molecule has 6 nitrogen and oxygen atoms in total. The van der Waals surface area contributed by atoms with Gasteiger partial charge in [0.15, 0.2) is 0 Å². The first-order chi connectivity index (χ1) is 30.0. The Morgan fingerprint density at radius 1 is 0.492 bits per heavy atom. The number of hydrogen-bond donors (Lipinski definition) is 3. The summed E-state index contributed by atoms with van der Waals surface area (Å²) in [5, 5.41) is 23.8. The summed E-state index contributed by atoms with van der Waals surface area (Å²) in [6.45, 7) is 6.38. The highest BCUT2D eigenvalue weighted by Gasteiger charge is 2.24. The molecular formula is C55H103NO5. The van der Waals surface area contributed by atoms with Crippen LogP contribution >= 0.6 is 0 Å². The molecule has 0 aromatic carbocycles. The summed E-state index contributed by atoms with van der Waals surface area (Å²) in [6, 6.07) is -0.706. The predicted octanol–water partition coefficient (Wildman–Crippen LogP) is 16.1. The van der Waals surface area contributed by atoms with E-state index in [1.165, 1.54) is 148 Å². The summed E-state index contributed by atoms with van der Waals surface area (Å²) >= 11 is 0. The van der Waals surface area contributed by atoms with Gasteiger partial charge in [0.25, 0.3) is 0 Å². The Morgan fingerprint density at radius 2 is 0.885 bits per heavy atom. The van der Waals surface area contributed by atoms with E-state index in [-0.39, 0.29) is 24.9 Å². The van der Waals surface area contributed by atoms with Crippen LogP contribution in [0.15, 0.2) is 36.5 Å². The van der Waals surface area contributed by atoms with Crippen LogP contribution in [0.4, 0.5) is 0 Å². The number of aliphatic hydroxyl groups excluding tert-OH is 2. The van der Waals surface area contributed by atoms with Crippen LogP contribution in [-0.2, 0) is 14.3 Å². The Kier molecular flexibility index (Phi) is 47.6. The predicted molar refractivity (Wildman–Crippen MR) is 264 cm³/mol. The van der Waals surface area contributed by atoms with Crippen molar-refractivity contribution in [1.82, 2.24) is 5.32 Å². The van der Waals surface area contributed by atoms with Crippen LogP contribution in [0.3, 0.4) is 0 Å². The van der Waals surface area contributed by atoms with E-state index < -0.39 is 18.2 Å². The smallest absolute Gasteiger partial charge is 0.306 e. The molecule has 1 amide bonds. The minimum Gasteiger partial charge on any atom is -0.462 e. The zero-order chi connectivity index (χ0) is 44.5. The number of allylic oxidation sites excluding steroid dienone is 6.